The first-order valence-corrected chi connectivity index (χ1v) is 6.53. The van der Waals surface area contributed by atoms with Crippen LogP contribution in [0.4, 0.5) is 5.82 Å². The van der Waals surface area contributed by atoms with Gasteiger partial charge in [0.1, 0.15) is 17.5 Å². The summed E-state index contributed by atoms with van der Waals surface area (Å²) in [6, 6.07) is 6.17. The van der Waals surface area contributed by atoms with Crippen LogP contribution in [-0.2, 0) is 0 Å². The summed E-state index contributed by atoms with van der Waals surface area (Å²) >= 11 is 1.52. The monoisotopic (exact) mass is 269 g/mol. The normalized spacial score (nSPS) is 10.8. The standard InChI is InChI=1S/C13H11N5S/c1-7-3-8(2)11-10(4-7)17-13(19-11)18-12(15)9(5-14)6-16-18/h3-4,6H,15H2,1-2H3. The van der Waals surface area contributed by atoms with Crippen LogP contribution in [0.25, 0.3) is 15.3 Å². The molecule has 3 rings (SSSR count). The van der Waals surface area contributed by atoms with Gasteiger partial charge in [0.05, 0.1) is 16.4 Å². The molecule has 0 aliphatic carbocycles. The number of aromatic nitrogens is 3. The summed E-state index contributed by atoms with van der Waals surface area (Å²) in [6.07, 6.45) is 1.46. The average Bonchev–Trinajstić information content (AvgIpc) is 2.92. The van der Waals surface area contributed by atoms with Crippen LogP contribution in [0, 0.1) is 25.2 Å². The Morgan fingerprint density at radius 3 is 2.84 bits per heavy atom. The van der Waals surface area contributed by atoms with E-state index in [9.17, 15) is 0 Å². The number of benzene rings is 1. The van der Waals surface area contributed by atoms with E-state index in [1.165, 1.54) is 33.3 Å². The van der Waals surface area contributed by atoms with Gasteiger partial charge in [0.15, 0.2) is 0 Å². The van der Waals surface area contributed by atoms with E-state index in [2.05, 4.69) is 23.1 Å². The highest BCUT2D eigenvalue weighted by Crippen LogP contribution is 2.30. The first-order chi connectivity index (χ1) is 9.10. The zero-order valence-electron chi connectivity index (χ0n) is 10.5. The van der Waals surface area contributed by atoms with E-state index in [4.69, 9.17) is 11.0 Å². The van der Waals surface area contributed by atoms with Gasteiger partial charge >= 0.3 is 0 Å². The number of rotatable bonds is 1. The fraction of sp³-hybridized carbons (Fsp3) is 0.154. The number of nitriles is 1. The van der Waals surface area contributed by atoms with E-state index >= 15 is 0 Å². The quantitative estimate of drug-likeness (QED) is 0.736. The van der Waals surface area contributed by atoms with Gasteiger partial charge in [0, 0.05) is 0 Å². The summed E-state index contributed by atoms with van der Waals surface area (Å²) in [5, 5.41) is 13.7. The van der Waals surface area contributed by atoms with Crippen molar-refractivity contribution >= 4 is 27.4 Å². The summed E-state index contributed by atoms with van der Waals surface area (Å²) < 4.78 is 2.63. The number of hydrogen-bond donors (Lipinski definition) is 1. The third-order valence-electron chi connectivity index (χ3n) is 2.92. The van der Waals surface area contributed by atoms with Crippen LogP contribution in [0.3, 0.4) is 0 Å². The lowest BCUT2D eigenvalue weighted by Gasteiger charge is -1.96. The van der Waals surface area contributed by atoms with Crippen LogP contribution >= 0.6 is 11.3 Å². The predicted molar refractivity (Wildman–Crippen MR) is 75.3 cm³/mol. The minimum atomic E-state index is 0.330. The Hall–Kier alpha value is -2.39. The second-order valence-electron chi connectivity index (χ2n) is 4.39. The summed E-state index contributed by atoms with van der Waals surface area (Å²) in [4.78, 5) is 4.54. The van der Waals surface area contributed by atoms with E-state index < -0.39 is 0 Å². The van der Waals surface area contributed by atoms with Crippen LogP contribution in [-0.4, -0.2) is 14.8 Å². The van der Waals surface area contributed by atoms with Gasteiger partial charge in [-0.15, -0.1) is 0 Å². The Morgan fingerprint density at radius 1 is 1.37 bits per heavy atom. The number of nitrogen functional groups attached to an aromatic ring is 1. The predicted octanol–water partition coefficient (Wildman–Crippen LogP) is 2.55. The zero-order chi connectivity index (χ0) is 13.6. The number of hydrogen-bond acceptors (Lipinski definition) is 5. The number of thiazole rings is 1. The van der Waals surface area contributed by atoms with Gasteiger partial charge in [-0.2, -0.15) is 15.0 Å². The number of nitrogens with zero attached hydrogens (tertiary/aromatic N) is 4. The molecule has 5 nitrogen and oxygen atoms in total. The van der Waals surface area contributed by atoms with Gasteiger partial charge in [-0.3, -0.25) is 0 Å². The molecule has 0 radical (unpaired) electrons. The highest BCUT2D eigenvalue weighted by Gasteiger charge is 2.13. The fourth-order valence-corrected chi connectivity index (χ4v) is 3.04. The van der Waals surface area contributed by atoms with Gasteiger partial charge in [0.25, 0.3) is 0 Å². The second-order valence-corrected chi connectivity index (χ2v) is 5.37. The Balaban J connectivity index is 2.24. The first-order valence-electron chi connectivity index (χ1n) is 5.72. The molecule has 0 saturated carbocycles. The Labute approximate surface area is 113 Å². The molecule has 0 aliphatic heterocycles. The molecule has 0 bridgehead atoms. The summed E-state index contributed by atoms with van der Waals surface area (Å²) in [5.74, 6) is 0.330. The lowest BCUT2D eigenvalue weighted by atomic mass is 10.1. The molecule has 2 N–H and O–H groups in total. The summed E-state index contributed by atoms with van der Waals surface area (Å²) in [5.41, 5.74) is 9.54. The molecule has 0 aliphatic rings. The first kappa shape index (κ1) is 11.7. The number of nitrogens with two attached hydrogens (primary N) is 1. The van der Waals surface area contributed by atoms with E-state index in [-0.39, 0.29) is 0 Å². The van der Waals surface area contributed by atoms with Crippen molar-refractivity contribution in [2.45, 2.75) is 13.8 Å². The van der Waals surface area contributed by atoms with Gasteiger partial charge in [-0.05, 0) is 31.0 Å². The van der Waals surface area contributed by atoms with Crippen molar-refractivity contribution in [1.29, 1.82) is 5.26 Å². The lowest BCUT2D eigenvalue weighted by Crippen LogP contribution is -2.01. The van der Waals surface area contributed by atoms with Gasteiger partial charge in [-0.1, -0.05) is 17.4 Å². The van der Waals surface area contributed by atoms with E-state index in [0.29, 0.717) is 16.5 Å². The molecule has 0 fully saturated rings. The summed E-state index contributed by atoms with van der Waals surface area (Å²) in [6.45, 7) is 4.10. The largest absolute Gasteiger partial charge is 0.382 e. The smallest absolute Gasteiger partial charge is 0.213 e. The molecule has 6 heteroatoms. The van der Waals surface area contributed by atoms with Crippen molar-refractivity contribution in [3.63, 3.8) is 0 Å². The molecule has 0 amide bonds. The maximum atomic E-state index is 8.90. The Morgan fingerprint density at radius 2 is 2.16 bits per heavy atom. The van der Waals surface area contributed by atoms with Crippen molar-refractivity contribution in [2.75, 3.05) is 5.73 Å². The zero-order valence-corrected chi connectivity index (χ0v) is 11.3. The molecule has 0 spiro atoms. The van der Waals surface area contributed by atoms with Crippen LogP contribution in [0.5, 0.6) is 0 Å². The molecule has 94 valence electrons. The lowest BCUT2D eigenvalue weighted by molar-refractivity contribution is 0.883. The molecular formula is C13H11N5S. The van der Waals surface area contributed by atoms with Gasteiger partial charge in [0.2, 0.25) is 5.13 Å². The molecule has 2 aromatic heterocycles. The third-order valence-corrected chi connectivity index (χ3v) is 4.10. The highest BCUT2D eigenvalue weighted by atomic mass is 32.1. The fourth-order valence-electron chi connectivity index (χ4n) is 2.05. The van der Waals surface area contributed by atoms with E-state index in [1.54, 1.807) is 0 Å². The minimum Gasteiger partial charge on any atom is -0.382 e. The summed E-state index contributed by atoms with van der Waals surface area (Å²) in [7, 11) is 0. The SMILES string of the molecule is Cc1cc(C)c2sc(-n3ncc(C#N)c3N)nc2c1. The van der Waals surface area contributed by atoms with Gasteiger partial charge in [-0.25, -0.2) is 4.98 Å². The molecule has 19 heavy (non-hydrogen) atoms. The molecule has 3 aromatic rings. The Kier molecular flexibility index (Phi) is 2.50. The van der Waals surface area contributed by atoms with Gasteiger partial charge < -0.3 is 5.73 Å². The van der Waals surface area contributed by atoms with Crippen molar-refractivity contribution in [1.82, 2.24) is 14.8 Å². The maximum Gasteiger partial charge on any atom is 0.213 e. The highest BCUT2D eigenvalue weighted by molar-refractivity contribution is 7.21. The van der Waals surface area contributed by atoms with Crippen LogP contribution in [0.1, 0.15) is 16.7 Å². The Bertz CT molecular complexity index is 822. The number of fused-ring (bicyclic) bond motifs is 1. The minimum absolute atomic E-state index is 0.330. The van der Waals surface area contributed by atoms with Crippen molar-refractivity contribution in [3.05, 3.63) is 35.0 Å². The third kappa shape index (κ3) is 1.75. The average molecular weight is 269 g/mol. The van der Waals surface area contributed by atoms with Crippen LogP contribution in [0.15, 0.2) is 18.3 Å². The van der Waals surface area contributed by atoms with Crippen molar-refractivity contribution in [2.24, 2.45) is 0 Å². The number of aryl methyl sites for hydroxylation is 2. The van der Waals surface area contributed by atoms with Crippen LogP contribution in [0.2, 0.25) is 0 Å². The molecule has 0 unspecified atom stereocenters. The molecule has 2 heterocycles. The molecular weight excluding hydrogens is 258 g/mol. The van der Waals surface area contributed by atoms with Crippen LogP contribution < -0.4 is 5.73 Å². The molecule has 0 atom stereocenters. The topological polar surface area (TPSA) is 80.5 Å². The molecule has 0 saturated heterocycles. The van der Waals surface area contributed by atoms with Crippen molar-refractivity contribution in [3.8, 4) is 11.2 Å². The van der Waals surface area contributed by atoms with Crippen molar-refractivity contribution < 1.29 is 0 Å². The number of anilines is 1. The second kappa shape index (κ2) is 4.07. The van der Waals surface area contributed by atoms with E-state index in [1.807, 2.05) is 19.1 Å². The van der Waals surface area contributed by atoms with E-state index in [0.717, 1.165) is 10.2 Å². The molecule has 1 aromatic carbocycles. The maximum absolute atomic E-state index is 8.90.